The van der Waals surface area contributed by atoms with E-state index in [-0.39, 0.29) is 17.6 Å². The molecule has 2 aliphatic rings. The maximum atomic E-state index is 12.9. The molecule has 1 saturated carbocycles. The van der Waals surface area contributed by atoms with Crippen LogP contribution in [0.2, 0.25) is 0 Å². The summed E-state index contributed by atoms with van der Waals surface area (Å²) in [5.41, 5.74) is 6.11. The van der Waals surface area contributed by atoms with Crippen molar-refractivity contribution < 1.29 is 9.90 Å². The number of Topliss-reactive ketones (excluding diaryl/α,β-unsaturated/α-hetero) is 1. The normalized spacial score (nSPS) is 22.6. The molecule has 0 heterocycles. The second-order valence-electron chi connectivity index (χ2n) is 7.43. The quantitative estimate of drug-likeness (QED) is 0.806. The van der Waals surface area contributed by atoms with E-state index in [1.807, 2.05) is 0 Å². The summed E-state index contributed by atoms with van der Waals surface area (Å²) in [4.78, 5) is 12.9. The van der Waals surface area contributed by atoms with Crippen LogP contribution in [-0.2, 0) is 11.2 Å². The Morgan fingerprint density at radius 2 is 1.80 bits per heavy atom. The lowest BCUT2D eigenvalue weighted by Crippen LogP contribution is -2.22. The van der Waals surface area contributed by atoms with E-state index in [0.717, 1.165) is 47.9 Å². The van der Waals surface area contributed by atoms with Gasteiger partial charge in [-0.1, -0.05) is 48.9 Å². The minimum absolute atomic E-state index is 0.100. The Hall–Kier alpha value is -2.35. The van der Waals surface area contributed by atoms with Crippen LogP contribution < -0.4 is 0 Å². The first-order valence-electron chi connectivity index (χ1n) is 9.26. The average molecular weight is 332 g/mol. The highest BCUT2D eigenvalue weighted by molar-refractivity contribution is 6.23. The summed E-state index contributed by atoms with van der Waals surface area (Å²) in [7, 11) is 0. The molecule has 2 unspecified atom stereocenters. The van der Waals surface area contributed by atoms with E-state index in [1.54, 1.807) is 0 Å². The van der Waals surface area contributed by atoms with E-state index < -0.39 is 0 Å². The van der Waals surface area contributed by atoms with E-state index in [4.69, 9.17) is 0 Å². The molecule has 0 aliphatic heterocycles. The van der Waals surface area contributed by atoms with Crippen molar-refractivity contribution in [3.8, 4) is 11.1 Å². The fraction of sp³-hybridized carbons (Fsp3) is 0.348. The number of hydrogen-bond donors (Lipinski definition) is 1. The van der Waals surface area contributed by atoms with Gasteiger partial charge in [-0.25, -0.2) is 0 Å². The van der Waals surface area contributed by atoms with Crippen molar-refractivity contribution in [2.24, 2.45) is 11.8 Å². The minimum Gasteiger partial charge on any atom is -0.511 e. The van der Waals surface area contributed by atoms with Crippen LogP contribution in [0.1, 0.15) is 42.9 Å². The largest absolute Gasteiger partial charge is 0.511 e. The summed E-state index contributed by atoms with van der Waals surface area (Å²) >= 11 is 0. The molecule has 2 heteroatoms. The van der Waals surface area contributed by atoms with Gasteiger partial charge in [0.25, 0.3) is 0 Å². The molecule has 0 radical (unpaired) electrons. The molecule has 4 rings (SSSR count). The Morgan fingerprint density at radius 3 is 2.56 bits per heavy atom. The Labute approximate surface area is 149 Å². The zero-order chi connectivity index (χ0) is 17.6. The molecule has 2 aliphatic carbocycles. The van der Waals surface area contributed by atoms with Crippen molar-refractivity contribution in [3.05, 3.63) is 64.9 Å². The first-order chi connectivity index (χ1) is 12.1. The smallest absolute Gasteiger partial charge is 0.169 e. The molecule has 1 N–H and O–H groups in total. The maximum Gasteiger partial charge on any atom is 0.169 e. The first kappa shape index (κ1) is 16.1. The standard InChI is InChI=1S/C23H24O2/c1-3-15-7-8-17(16-6-4-5-14(2)11-16)13-20(15)21-22(24)18-9-10-19(12-18)23(21)25/h4-8,11,13,18-19,24H,3,9-10,12H2,1-2H3. The fourth-order valence-corrected chi connectivity index (χ4v) is 4.39. The Balaban J connectivity index is 1.88. The van der Waals surface area contributed by atoms with Crippen LogP contribution in [0.3, 0.4) is 0 Å². The maximum absolute atomic E-state index is 12.9. The van der Waals surface area contributed by atoms with Gasteiger partial charge in [0, 0.05) is 11.8 Å². The van der Waals surface area contributed by atoms with E-state index in [9.17, 15) is 9.90 Å². The lowest BCUT2D eigenvalue weighted by Gasteiger charge is -2.23. The molecule has 2 aromatic rings. The number of rotatable bonds is 3. The van der Waals surface area contributed by atoms with E-state index >= 15 is 0 Å². The number of aliphatic hydroxyl groups is 1. The van der Waals surface area contributed by atoms with Crippen LogP contribution in [0.15, 0.2) is 48.2 Å². The van der Waals surface area contributed by atoms with Gasteiger partial charge in [0.15, 0.2) is 5.78 Å². The number of aliphatic hydroxyl groups excluding tert-OH is 1. The van der Waals surface area contributed by atoms with E-state index in [1.165, 1.54) is 5.56 Å². The molecule has 0 spiro atoms. The minimum atomic E-state index is 0.100. The fourth-order valence-electron chi connectivity index (χ4n) is 4.39. The SMILES string of the molecule is CCc1ccc(-c2cccc(C)c2)cc1C1=C(O)C2CCC(C2)C1=O. The number of carbonyl (C=O) groups excluding carboxylic acids is 1. The topological polar surface area (TPSA) is 37.3 Å². The van der Waals surface area contributed by atoms with Crippen LogP contribution in [-0.4, -0.2) is 10.9 Å². The van der Waals surface area contributed by atoms with E-state index in [0.29, 0.717) is 11.3 Å². The van der Waals surface area contributed by atoms with Gasteiger partial charge in [0.1, 0.15) is 5.76 Å². The predicted molar refractivity (Wildman–Crippen MR) is 101 cm³/mol. The second-order valence-corrected chi connectivity index (χ2v) is 7.43. The van der Waals surface area contributed by atoms with Crippen molar-refractivity contribution in [1.82, 2.24) is 0 Å². The third-order valence-electron chi connectivity index (χ3n) is 5.80. The molecule has 25 heavy (non-hydrogen) atoms. The van der Waals surface area contributed by atoms with Gasteiger partial charge in [-0.05, 0) is 60.9 Å². The summed E-state index contributed by atoms with van der Waals surface area (Å²) in [5.74, 6) is 0.741. The Morgan fingerprint density at radius 1 is 1.04 bits per heavy atom. The molecule has 0 amide bonds. The van der Waals surface area contributed by atoms with Crippen LogP contribution in [0.5, 0.6) is 0 Å². The molecule has 2 atom stereocenters. The number of ketones is 1. The van der Waals surface area contributed by atoms with Gasteiger partial charge in [-0.15, -0.1) is 0 Å². The summed E-state index contributed by atoms with van der Waals surface area (Å²) in [6, 6.07) is 14.7. The molecule has 2 nitrogen and oxygen atoms in total. The average Bonchev–Trinajstić information content (AvgIpc) is 3.07. The zero-order valence-corrected chi connectivity index (χ0v) is 14.9. The van der Waals surface area contributed by atoms with Crippen LogP contribution >= 0.6 is 0 Å². The molecule has 0 aromatic heterocycles. The van der Waals surface area contributed by atoms with Gasteiger partial charge in [-0.3, -0.25) is 4.79 Å². The van der Waals surface area contributed by atoms with Crippen LogP contribution in [0.25, 0.3) is 16.7 Å². The molecular formula is C23H24O2. The third-order valence-corrected chi connectivity index (χ3v) is 5.80. The lowest BCUT2D eigenvalue weighted by molar-refractivity contribution is -0.117. The van der Waals surface area contributed by atoms with Gasteiger partial charge in [0.2, 0.25) is 0 Å². The van der Waals surface area contributed by atoms with Crippen molar-refractivity contribution in [3.63, 3.8) is 0 Å². The van der Waals surface area contributed by atoms with Gasteiger partial charge >= 0.3 is 0 Å². The van der Waals surface area contributed by atoms with Crippen LogP contribution in [0.4, 0.5) is 0 Å². The molecular weight excluding hydrogens is 308 g/mol. The number of aryl methyl sites for hydroxylation is 2. The number of benzene rings is 2. The molecule has 2 aromatic carbocycles. The summed E-state index contributed by atoms with van der Waals surface area (Å²) in [5, 5.41) is 10.8. The zero-order valence-electron chi connectivity index (χ0n) is 14.9. The highest BCUT2D eigenvalue weighted by atomic mass is 16.3. The van der Waals surface area contributed by atoms with E-state index in [2.05, 4.69) is 56.3 Å². The molecule has 0 saturated heterocycles. The Kier molecular flexibility index (Phi) is 3.99. The van der Waals surface area contributed by atoms with Crippen molar-refractivity contribution >= 4 is 11.4 Å². The van der Waals surface area contributed by atoms with Gasteiger partial charge in [0.05, 0.1) is 5.57 Å². The molecule has 128 valence electrons. The predicted octanol–water partition coefficient (Wildman–Crippen LogP) is 5.49. The van der Waals surface area contributed by atoms with Crippen molar-refractivity contribution in [2.45, 2.75) is 39.5 Å². The Bertz CT molecular complexity index is 875. The number of hydrogen-bond acceptors (Lipinski definition) is 2. The molecule has 2 bridgehead atoms. The summed E-state index contributed by atoms with van der Waals surface area (Å²) in [6.45, 7) is 4.19. The lowest BCUT2D eigenvalue weighted by atomic mass is 9.81. The number of fused-ring (bicyclic) bond motifs is 2. The number of carbonyl (C=O) groups is 1. The summed E-state index contributed by atoms with van der Waals surface area (Å²) in [6.07, 6.45) is 3.52. The van der Waals surface area contributed by atoms with Gasteiger partial charge < -0.3 is 5.11 Å². The second kappa shape index (κ2) is 6.18. The molecule has 1 fully saturated rings. The third kappa shape index (κ3) is 2.70. The first-order valence-corrected chi connectivity index (χ1v) is 9.26. The summed E-state index contributed by atoms with van der Waals surface area (Å²) < 4.78 is 0. The van der Waals surface area contributed by atoms with Crippen LogP contribution in [0, 0.1) is 18.8 Å². The highest BCUT2D eigenvalue weighted by Crippen LogP contribution is 2.46. The highest BCUT2D eigenvalue weighted by Gasteiger charge is 2.41. The van der Waals surface area contributed by atoms with Crippen molar-refractivity contribution in [2.75, 3.05) is 0 Å². The van der Waals surface area contributed by atoms with Gasteiger partial charge in [-0.2, -0.15) is 0 Å². The number of allylic oxidation sites excluding steroid dienone is 2. The van der Waals surface area contributed by atoms with Crippen molar-refractivity contribution in [1.29, 1.82) is 0 Å². The monoisotopic (exact) mass is 332 g/mol.